The van der Waals surface area contributed by atoms with Crippen LogP contribution < -0.4 is 0 Å². The van der Waals surface area contributed by atoms with Crippen molar-refractivity contribution in [2.45, 2.75) is 12.8 Å². The van der Waals surface area contributed by atoms with Gasteiger partial charge in [-0.25, -0.2) is 4.79 Å². The quantitative estimate of drug-likeness (QED) is 0.610. The first-order chi connectivity index (χ1) is 9.08. The molecule has 1 saturated carbocycles. The summed E-state index contributed by atoms with van der Waals surface area (Å²) in [4.78, 5) is 25.8. The SMILES string of the molecule is COCCN(CCO)C(=O)N(CC(=O)O)CC1CC1. The molecular formula is C12H22N2O5. The fraction of sp³-hybridized carbons (Fsp3) is 0.833. The van der Waals surface area contributed by atoms with E-state index in [-0.39, 0.29) is 25.7 Å². The second-order valence-electron chi connectivity index (χ2n) is 4.70. The minimum absolute atomic E-state index is 0.153. The van der Waals surface area contributed by atoms with Crippen LogP contribution in [0, 0.1) is 5.92 Å². The van der Waals surface area contributed by atoms with E-state index in [2.05, 4.69) is 0 Å². The van der Waals surface area contributed by atoms with Crippen LogP contribution in [-0.2, 0) is 9.53 Å². The summed E-state index contributed by atoms with van der Waals surface area (Å²) in [7, 11) is 1.53. The molecule has 1 fully saturated rings. The Morgan fingerprint density at radius 1 is 1.26 bits per heavy atom. The lowest BCUT2D eigenvalue weighted by atomic mass is 10.3. The van der Waals surface area contributed by atoms with E-state index in [0.29, 0.717) is 25.6 Å². The van der Waals surface area contributed by atoms with Gasteiger partial charge in [0.1, 0.15) is 6.54 Å². The molecule has 7 nitrogen and oxygen atoms in total. The first-order valence-electron chi connectivity index (χ1n) is 6.44. The lowest BCUT2D eigenvalue weighted by Crippen LogP contribution is -2.48. The van der Waals surface area contributed by atoms with Crippen molar-refractivity contribution in [3.63, 3.8) is 0 Å². The number of hydrogen-bond donors (Lipinski definition) is 2. The van der Waals surface area contributed by atoms with Gasteiger partial charge in [-0.05, 0) is 18.8 Å². The number of hydrogen-bond acceptors (Lipinski definition) is 4. The number of methoxy groups -OCH3 is 1. The van der Waals surface area contributed by atoms with Gasteiger partial charge in [0.2, 0.25) is 0 Å². The van der Waals surface area contributed by atoms with Crippen LogP contribution >= 0.6 is 0 Å². The molecule has 1 aliphatic carbocycles. The summed E-state index contributed by atoms with van der Waals surface area (Å²) >= 11 is 0. The molecule has 7 heteroatoms. The highest BCUT2D eigenvalue weighted by Crippen LogP contribution is 2.29. The largest absolute Gasteiger partial charge is 0.480 e. The number of carboxylic acid groups (broad SMARTS) is 1. The average molecular weight is 274 g/mol. The van der Waals surface area contributed by atoms with E-state index in [0.717, 1.165) is 12.8 Å². The number of carbonyl (C=O) groups is 2. The molecule has 0 saturated heterocycles. The molecule has 19 heavy (non-hydrogen) atoms. The van der Waals surface area contributed by atoms with Gasteiger partial charge in [0.15, 0.2) is 0 Å². The second kappa shape index (κ2) is 7.96. The molecule has 1 rings (SSSR count). The molecule has 0 heterocycles. The Morgan fingerprint density at radius 2 is 1.95 bits per heavy atom. The lowest BCUT2D eigenvalue weighted by molar-refractivity contribution is -0.137. The van der Waals surface area contributed by atoms with Crippen molar-refractivity contribution < 1.29 is 24.5 Å². The minimum Gasteiger partial charge on any atom is -0.480 e. The Morgan fingerprint density at radius 3 is 2.42 bits per heavy atom. The maximum absolute atomic E-state index is 12.3. The number of rotatable bonds is 9. The van der Waals surface area contributed by atoms with Crippen molar-refractivity contribution in [3.8, 4) is 0 Å². The van der Waals surface area contributed by atoms with E-state index < -0.39 is 5.97 Å². The van der Waals surface area contributed by atoms with Gasteiger partial charge in [-0.15, -0.1) is 0 Å². The van der Waals surface area contributed by atoms with Crippen molar-refractivity contribution in [1.29, 1.82) is 0 Å². The monoisotopic (exact) mass is 274 g/mol. The molecule has 2 N–H and O–H groups in total. The third-order valence-electron chi connectivity index (χ3n) is 2.98. The lowest BCUT2D eigenvalue weighted by Gasteiger charge is -2.29. The molecule has 0 bridgehead atoms. The van der Waals surface area contributed by atoms with Gasteiger partial charge in [0.25, 0.3) is 0 Å². The molecule has 0 aromatic heterocycles. The standard InChI is InChI=1S/C12H22N2O5/c1-19-7-5-13(4-6-15)12(18)14(9-11(16)17)8-10-2-3-10/h10,15H,2-9H2,1H3,(H,16,17). The fourth-order valence-electron chi connectivity index (χ4n) is 1.81. The average Bonchev–Trinajstić information content (AvgIpc) is 3.16. The predicted molar refractivity (Wildman–Crippen MR) is 67.9 cm³/mol. The van der Waals surface area contributed by atoms with E-state index in [4.69, 9.17) is 14.9 Å². The molecule has 0 unspecified atom stereocenters. The zero-order valence-electron chi connectivity index (χ0n) is 11.2. The second-order valence-corrected chi connectivity index (χ2v) is 4.70. The van der Waals surface area contributed by atoms with Crippen LogP contribution in [0.15, 0.2) is 0 Å². The number of carbonyl (C=O) groups excluding carboxylic acids is 1. The summed E-state index contributed by atoms with van der Waals surface area (Å²) in [5, 5.41) is 17.8. The van der Waals surface area contributed by atoms with Crippen LogP contribution in [0.3, 0.4) is 0 Å². The van der Waals surface area contributed by atoms with Crippen LogP contribution in [0.4, 0.5) is 4.79 Å². The topological polar surface area (TPSA) is 90.3 Å². The number of aliphatic hydroxyl groups is 1. The molecule has 0 aliphatic heterocycles. The molecule has 110 valence electrons. The minimum atomic E-state index is -1.02. The Kier molecular flexibility index (Phi) is 6.58. The van der Waals surface area contributed by atoms with Crippen molar-refractivity contribution in [1.82, 2.24) is 9.80 Å². The fourth-order valence-corrected chi connectivity index (χ4v) is 1.81. The van der Waals surface area contributed by atoms with Crippen LogP contribution in [0.5, 0.6) is 0 Å². The third kappa shape index (κ3) is 5.89. The van der Waals surface area contributed by atoms with Gasteiger partial charge in [0, 0.05) is 26.7 Å². The Labute approximate surface area is 112 Å². The number of nitrogens with zero attached hydrogens (tertiary/aromatic N) is 2. The smallest absolute Gasteiger partial charge is 0.323 e. The summed E-state index contributed by atoms with van der Waals surface area (Å²) in [5.41, 5.74) is 0. The van der Waals surface area contributed by atoms with Gasteiger partial charge in [-0.1, -0.05) is 0 Å². The number of aliphatic hydroxyl groups excluding tert-OH is 1. The van der Waals surface area contributed by atoms with Crippen molar-refractivity contribution in [2.75, 3.05) is 46.5 Å². The molecule has 0 radical (unpaired) electrons. The van der Waals surface area contributed by atoms with Gasteiger partial charge in [-0.3, -0.25) is 4.79 Å². The molecule has 0 spiro atoms. The summed E-state index contributed by atoms with van der Waals surface area (Å²) in [6.07, 6.45) is 2.09. The van der Waals surface area contributed by atoms with E-state index in [1.807, 2.05) is 0 Å². The van der Waals surface area contributed by atoms with E-state index in [1.54, 1.807) is 0 Å². The van der Waals surface area contributed by atoms with Crippen molar-refractivity contribution >= 4 is 12.0 Å². The normalized spacial score (nSPS) is 14.2. The van der Waals surface area contributed by atoms with Gasteiger partial charge in [-0.2, -0.15) is 0 Å². The summed E-state index contributed by atoms with van der Waals surface area (Å²) in [5.74, 6) is -0.605. The van der Waals surface area contributed by atoms with E-state index in [9.17, 15) is 9.59 Å². The summed E-state index contributed by atoms with van der Waals surface area (Å²) in [6.45, 7) is 0.903. The highest BCUT2D eigenvalue weighted by atomic mass is 16.5. The molecule has 0 atom stereocenters. The maximum atomic E-state index is 12.3. The van der Waals surface area contributed by atoms with Crippen LogP contribution in [0.1, 0.15) is 12.8 Å². The summed E-state index contributed by atoms with van der Waals surface area (Å²) in [6, 6.07) is -0.347. The van der Waals surface area contributed by atoms with Gasteiger partial charge < -0.3 is 24.7 Å². The number of urea groups is 1. The number of carboxylic acids is 1. The number of aliphatic carboxylic acids is 1. The number of ether oxygens (including phenoxy) is 1. The Balaban J connectivity index is 2.60. The maximum Gasteiger partial charge on any atom is 0.323 e. The van der Waals surface area contributed by atoms with Crippen LogP contribution in [0.2, 0.25) is 0 Å². The van der Waals surface area contributed by atoms with Crippen LogP contribution in [-0.4, -0.2) is 78.5 Å². The molecule has 0 aromatic carbocycles. The molecule has 0 aromatic rings. The zero-order chi connectivity index (χ0) is 14.3. The Hall–Kier alpha value is -1.34. The number of amides is 2. The molecular weight excluding hydrogens is 252 g/mol. The van der Waals surface area contributed by atoms with E-state index in [1.165, 1.54) is 16.9 Å². The predicted octanol–water partition coefficient (Wildman–Crippen LogP) is -0.156. The third-order valence-corrected chi connectivity index (χ3v) is 2.98. The van der Waals surface area contributed by atoms with Crippen molar-refractivity contribution in [3.05, 3.63) is 0 Å². The molecule has 2 amide bonds. The van der Waals surface area contributed by atoms with E-state index >= 15 is 0 Å². The van der Waals surface area contributed by atoms with Crippen LogP contribution in [0.25, 0.3) is 0 Å². The van der Waals surface area contributed by atoms with Gasteiger partial charge in [0.05, 0.1) is 13.2 Å². The summed E-state index contributed by atoms with van der Waals surface area (Å²) < 4.78 is 4.91. The van der Waals surface area contributed by atoms with Crippen molar-refractivity contribution in [2.24, 2.45) is 5.92 Å². The highest BCUT2D eigenvalue weighted by Gasteiger charge is 2.30. The first-order valence-corrected chi connectivity index (χ1v) is 6.44. The first kappa shape index (κ1) is 15.7. The van der Waals surface area contributed by atoms with Gasteiger partial charge >= 0.3 is 12.0 Å². The highest BCUT2D eigenvalue weighted by molar-refractivity contribution is 5.80. The Bertz CT molecular complexity index is 306. The molecule has 1 aliphatic rings. The zero-order valence-corrected chi connectivity index (χ0v) is 11.2.